The molecule has 4 aromatic rings. The van der Waals surface area contributed by atoms with Gasteiger partial charge in [0.2, 0.25) is 5.91 Å². The van der Waals surface area contributed by atoms with Gasteiger partial charge in [-0.25, -0.2) is 19.0 Å². The number of rotatable bonds is 4. The Bertz CT molecular complexity index is 1350. The smallest absolute Gasteiger partial charge is 0.324 e. The molecule has 31 heavy (non-hydrogen) atoms. The molecule has 3 aromatic heterocycles. The number of carbonyl (C=O) groups is 1. The molecule has 5 rings (SSSR count). The van der Waals surface area contributed by atoms with Crippen molar-refractivity contribution in [2.45, 2.75) is 52.5 Å². The summed E-state index contributed by atoms with van der Waals surface area (Å²) in [4.78, 5) is 36.4. The molecular formula is C23H25N5O2S. The lowest BCUT2D eigenvalue weighted by Gasteiger charge is -2.17. The molecule has 1 amide bonds. The standard InChI is InChI=1S/C23H25N5O2S/c1-13(2)15-5-7-16(8-6-15)25-19(29)11-27-23(30)26-21-20-17-9-4-14(3)10-18(17)31-22(20)24-12-28(21)27/h5-8,12-14H,4,9-11H2,1-3H3,(H,25,29)/t14-/m1/s1. The fourth-order valence-electron chi connectivity index (χ4n) is 4.29. The van der Waals surface area contributed by atoms with Crippen LogP contribution in [0.5, 0.6) is 0 Å². The Balaban J connectivity index is 1.46. The van der Waals surface area contributed by atoms with Gasteiger partial charge in [0.25, 0.3) is 0 Å². The van der Waals surface area contributed by atoms with E-state index in [2.05, 4.69) is 36.1 Å². The lowest BCUT2D eigenvalue weighted by atomic mass is 9.89. The summed E-state index contributed by atoms with van der Waals surface area (Å²) in [6.45, 7) is 6.40. The van der Waals surface area contributed by atoms with Crippen LogP contribution in [0.3, 0.4) is 0 Å². The van der Waals surface area contributed by atoms with Crippen LogP contribution in [-0.2, 0) is 24.2 Å². The van der Waals surface area contributed by atoms with Gasteiger partial charge in [-0.2, -0.15) is 4.98 Å². The third-order valence-corrected chi connectivity index (χ3v) is 7.22. The molecule has 0 unspecified atom stereocenters. The molecule has 7 nitrogen and oxygen atoms in total. The van der Waals surface area contributed by atoms with Crippen molar-refractivity contribution >= 4 is 38.8 Å². The number of nitrogens with one attached hydrogen (secondary N) is 1. The molecule has 0 fully saturated rings. The first-order valence-corrected chi connectivity index (χ1v) is 11.5. The van der Waals surface area contributed by atoms with Crippen LogP contribution in [0, 0.1) is 5.92 Å². The molecule has 1 aromatic carbocycles. The summed E-state index contributed by atoms with van der Waals surface area (Å²) in [5, 5.41) is 3.83. The molecule has 1 aliphatic carbocycles. The van der Waals surface area contributed by atoms with Crippen molar-refractivity contribution in [2.75, 3.05) is 5.32 Å². The number of hydrogen-bond acceptors (Lipinski definition) is 5. The predicted octanol–water partition coefficient (Wildman–Crippen LogP) is 3.99. The molecule has 1 N–H and O–H groups in total. The van der Waals surface area contributed by atoms with Gasteiger partial charge in [0, 0.05) is 10.6 Å². The third kappa shape index (κ3) is 3.54. The molecular weight excluding hydrogens is 410 g/mol. The Morgan fingerprint density at radius 2 is 2.06 bits per heavy atom. The summed E-state index contributed by atoms with van der Waals surface area (Å²) in [6.07, 6.45) is 4.75. The van der Waals surface area contributed by atoms with E-state index in [1.165, 1.54) is 20.7 Å². The van der Waals surface area contributed by atoms with Crippen molar-refractivity contribution < 1.29 is 4.79 Å². The fraction of sp³-hybridized carbons (Fsp3) is 0.391. The largest absolute Gasteiger partial charge is 0.365 e. The minimum atomic E-state index is -0.441. The zero-order chi connectivity index (χ0) is 21.7. The first-order valence-electron chi connectivity index (χ1n) is 10.7. The number of thiophene rings is 1. The molecule has 0 spiro atoms. The number of hydrogen-bond donors (Lipinski definition) is 1. The molecule has 1 aliphatic rings. The summed E-state index contributed by atoms with van der Waals surface area (Å²) in [5.41, 5.74) is 3.33. The second-order valence-electron chi connectivity index (χ2n) is 8.72. The van der Waals surface area contributed by atoms with Gasteiger partial charge >= 0.3 is 5.69 Å². The SMILES string of the molecule is CC(C)c1ccc(NC(=O)Cn2c(=O)nc3c4c5c(sc4ncn32)C[C@H](C)CC5)cc1. The second-order valence-corrected chi connectivity index (χ2v) is 9.81. The normalized spacial score (nSPS) is 16.2. The van der Waals surface area contributed by atoms with Crippen LogP contribution < -0.4 is 11.0 Å². The number of benzene rings is 1. The Labute approximate surface area is 183 Å². The molecule has 3 heterocycles. The number of nitrogens with zero attached hydrogens (tertiary/aromatic N) is 4. The van der Waals surface area contributed by atoms with E-state index < -0.39 is 5.69 Å². The maximum absolute atomic E-state index is 12.7. The van der Waals surface area contributed by atoms with Crippen molar-refractivity contribution in [1.82, 2.24) is 19.2 Å². The first kappa shape index (κ1) is 19.9. The van der Waals surface area contributed by atoms with Crippen molar-refractivity contribution in [3.05, 3.63) is 57.1 Å². The molecule has 160 valence electrons. The van der Waals surface area contributed by atoms with Crippen molar-refractivity contribution in [2.24, 2.45) is 5.92 Å². The van der Waals surface area contributed by atoms with Gasteiger partial charge < -0.3 is 5.32 Å². The van der Waals surface area contributed by atoms with E-state index in [4.69, 9.17) is 0 Å². The van der Waals surface area contributed by atoms with Gasteiger partial charge in [0.05, 0.1) is 5.39 Å². The van der Waals surface area contributed by atoms with E-state index in [0.29, 0.717) is 23.2 Å². The van der Waals surface area contributed by atoms with E-state index in [1.54, 1.807) is 22.2 Å². The van der Waals surface area contributed by atoms with Gasteiger partial charge in [-0.1, -0.05) is 32.9 Å². The molecule has 0 aliphatic heterocycles. The average molecular weight is 436 g/mol. The highest BCUT2D eigenvalue weighted by Gasteiger charge is 2.24. The lowest BCUT2D eigenvalue weighted by molar-refractivity contribution is -0.117. The maximum Gasteiger partial charge on any atom is 0.365 e. The summed E-state index contributed by atoms with van der Waals surface area (Å²) in [6, 6.07) is 7.77. The van der Waals surface area contributed by atoms with Crippen molar-refractivity contribution in [1.29, 1.82) is 0 Å². The summed E-state index contributed by atoms with van der Waals surface area (Å²) >= 11 is 1.70. The quantitative estimate of drug-likeness (QED) is 0.525. The second kappa shape index (κ2) is 7.60. The minimum Gasteiger partial charge on any atom is -0.324 e. The monoisotopic (exact) mass is 435 g/mol. The Morgan fingerprint density at radius 1 is 1.29 bits per heavy atom. The van der Waals surface area contributed by atoms with Gasteiger partial charge in [-0.15, -0.1) is 11.3 Å². The topological polar surface area (TPSA) is 81.3 Å². The zero-order valence-electron chi connectivity index (χ0n) is 17.9. The fourth-order valence-corrected chi connectivity index (χ4v) is 5.64. The van der Waals surface area contributed by atoms with Crippen LogP contribution in [0.2, 0.25) is 0 Å². The van der Waals surface area contributed by atoms with Crippen LogP contribution in [0.4, 0.5) is 5.69 Å². The summed E-state index contributed by atoms with van der Waals surface area (Å²) < 4.78 is 2.96. The van der Waals surface area contributed by atoms with Gasteiger partial charge in [-0.05, 0) is 54.4 Å². The number of fused-ring (bicyclic) bond motifs is 5. The molecule has 0 saturated heterocycles. The maximum atomic E-state index is 12.7. The first-order chi connectivity index (χ1) is 14.9. The molecule has 0 bridgehead atoms. The number of amides is 1. The van der Waals surface area contributed by atoms with Gasteiger partial charge in [-0.3, -0.25) is 4.79 Å². The van der Waals surface area contributed by atoms with Crippen molar-refractivity contribution in [3.8, 4) is 0 Å². The van der Waals surface area contributed by atoms with E-state index in [1.807, 2.05) is 24.3 Å². The molecule has 1 atom stereocenters. The van der Waals surface area contributed by atoms with Crippen LogP contribution in [0.25, 0.3) is 15.9 Å². The molecule has 0 radical (unpaired) electrons. The van der Waals surface area contributed by atoms with E-state index in [0.717, 1.165) is 29.5 Å². The highest BCUT2D eigenvalue weighted by Crippen LogP contribution is 2.38. The van der Waals surface area contributed by atoms with Crippen LogP contribution >= 0.6 is 11.3 Å². The highest BCUT2D eigenvalue weighted by molar-refractivity contribution is 7.19. The van der Waals surface area contributed by atoms with Gasteiger partial charge in [0.15, 0.2) is 5.65 Å². The predicted molar refractivity (Wildman–Crippen MR) is 123 cm³/mol. The van der Waals surface area contributed by atoms with E-state index in [9.17, 15) is 9.59 Å². The third-order valence-electron chi connectivity index (χ3n) is 6.06. The lowest BCUT2D eigenvalue weighted by Crippen LogP contribution is -2.28. The number of carbonyl (C=O) groups excluding carboxylic acids is 1. The van der Waals surface area contributed by atoms with Crippen LogP contribution in [0.15, 0.2) is 35.4 Å². The van der Waals surface area contributed by atoms with Crippen LogP contribution in [0.1, 0.15) is 49.1 Å². The Kier molecular flexibility index (Phi) is 4.89. The number of aromatic nitrogens is 4. The summed E-state index contributed by atoms with van der Waals surface area (Å²) in [7, 11) is 0. The Morgan fingerprint density at radius 3 is 2.81 bits per heavy atom. The minimum absolute atomic E-state index is 0.123. The summed E-state index contributed by atoms with van der Waals surface area (Å²) in [5.74, 6) is 0.814. The number of anilines is 1. The van der Waals surface area contributed by atoms with Gasteiger partial charge in [0.1, 0.15) is 17.7 Å². The zero-order valence-corrected chi connectivity index (χ0v) is 18.7. The Hall–Kier alpha value is -3.00. The average Bonchev–Trinajstić information content (AvgIpc) is 3.25. The van der Waals surface area contributed by atoms with E-state index >= 15 is 0 Å². The molecule has 8 heteroatoms. The number of aryl methyl sites for hydroxylation is 1. The molecule has 0 saturated carbocycles. The highest BCUT2D eigenvalue weighted by atomic mass is 32.1. The van der Waals surface area contributed by atoms with E-state index in [-0.39, 0.29) is 12.5 Å². The van der Waals surface area contributed by atoms with Crippen molar-refractivity contribution in [3.63, 3.8) is 0 Å². The van der Waals surface area contributed by atoms with Crippen LogP contribution in [-0.4, -0.2) is 25.1 Å².